The van der Waals surface area contributed by atoms with Crippen molar-refractivity contribution >= 4 is 23.7 Å². The van der Waals surface area contributed by atoms with Gasteiger partial charge in [0.1, 0.15) is 11.1 Å². The van der Waals surface area contributed by atoms with E-state index in [1.54, 1.807) is 30.1 Å². The van der Waals surface area contributed by atoms with Crippen molar-refractivity contribution < 1.29 is 19.1 Å². The standard InChI is InChI=1S/C15H15NO4S/c1-19-14(17)8-3-2-4-16-13(8)21-12-7-5-9-10(6-7)15(18)20-11(9)12/h2-4,7,9-12H,5-6H2,1H3. The number of fused-ring (bicyclic) bond motifs is 1. The molecule has 110 valence electrons. The molecule has 5 atom stereocenters. The topological polar surface area (TPSA) is 65.5 Å². The molecule has 0 radical (unpaired) electrons. The minimum Gasteiger partial charge on any atom is -0.465 e. The zero-order valence-corrected chi connectivity index (χ0v) is 12.3. The molecule has 1 aromatic rings. The molecule has 3 aliphatic rings. The van der Waals surface area contributed by atoms with Gasteiger partial charge in [-0.1, -0.05) is 11.8 Å². The summed E-state index contributed by atoms with van der Waals surface area (Å²) < 4.78 is 10.4. The van der Waals surface area contributed by atoms with E-state index in [4.69, 9.17) is 9.47 Å². The molecule has 2 heterocycles. The third-order valence-electron chi connectivity index (χ3n) is 4.84. The number of carbonyl (C=O) groups excluding carboxylic acids is 2. The first-order chi connectivity index (χ1) is 10.2. The Labute approximate surface area is 126 Å². The van der Waals surface area contributed by atoms with Crippen LogP contribution in [0, 0.1) is 17.8 Å². The normalized spacial score (nSPS) is 35.9. The first-order valence-corrected chi connectivity index (χ1v) is 7.97. The molecular weight excluding hydrogens is 290 g/mol. The highest BCUT2D eigenvalue weighted by Gasteiger charge is 2.62. The Hall–Kier alpha value is -1.56. The summed E-state index contributed by atoms with van der Waals surface area (Å²) >= 11 is 1.56. The summed E-state index contributed by atoms with van der Waals surface area (Å²) in [6, 6.07) is 3.45. The summed E-state index contributed by atoms with van der Waals surface area (Å²) in [7, 11) is 1.37. The van der Waals surface area contributed by atoms with Gasteiger partial charge in [-0.05, 0) is 30.9 Å². The Kier molecular flexibility index (Phi) is 2.96. The van der Waals surface area contributed by atoms with Crippen molar-refractivity contribution in [3.63, 3.8) is 0 Å². The van der Waals surface area contributed by atoms with Gasteiger partial charge >= 0.3 is 11.9 Å². The van der Waals surface area contributed by atoms with Gasteiger partial charge in [0.2, 0.25) is 0 Å². The lowest BCUT2D eigenvalue weighted by molar-refractivity contribution is -0.143. The zero-order chi connectivity index (χ0) is 14.6. The molecule has 0 N–H and O–H groups in total. The van der Waals surface area contributed by atoms with Gasteiger partial charge in [-0.2, -0.15) is 0 Å². The number of pyridine rings is 1. The van der Waals surface area contributed by atoms with E-state index in [9.17, 15) is 9.59 Å². The Morgan fingerprint density at radius 2 is 2.33 bits per heavy atom. The van der Waals surface area contributed by atoms with Crippen LogP contribution in [0.2, 0.25) is 0 Å². The molecule has 3 fully saturated rings. The van der Waals surface area contributed by atoms with Crippen LogP contribution >= 0.6 is 11.8 Å². The van der Waals surface area contributed by atoms with Crippen molar-refractivity contribution in [2.45, 2.75) is 29.2 Å². The molecule has 0 spiro atoms. The van der Waals surface area contributed by atoms with Crippen LogP contribution in [0.3, 0.4) is 0 Å². The quantitative estimate of drug-likeness (QED) is 0.795. The van der Waals surface area contributed by atoms with Crippen LogP contribution in [-0.2, 0) is 14.3 Å². The number of aromatic nitrogens is 1. The third-order valence-corrected chi connectivity index (χ3v) is 6.31. The van der Waals surface area contributed by atoms with Crippen molar-refractivity contribution in [1.82, 2.24) is 4.98 Å². The second kappa shape index (κ2) is 4.73. The van der Waals surface area contributed by atoms with Crippen molar-refractivity contribution in [2.24, 2.45) is 17.8 Å². The molecule has 0 amide bonds. The molecule has 4 rings (SSSR count). The van der Waals surface area contributed by atoms with Crippen molar-refractivity contribution in [2.75, 3.05) is 7.11 Å². The van der Waals surface area contributed by atoms with Crippen LogP contribution in [0.25, 0.3) is 0 Å². The molecule has 0 aromatic carbocycles. The molecule has 2 saturated carbocycles. The smallest absolute Gasteiger partial charge is 0.340 e. The van der Waals surface area contributed by atoms with Gasteiger partial charge < -0.3 is 9.47 Å². The minimum atomic E-state index is -0.380. The first-order valence-electron chi connectivity index (χ1n) is 7.09. The fourth-order valence-electron chi connectivity index (χ4n) is 3.94. The summed E-state index contributed by atoms with van der Waals surface area (Å²) in [4.78, 5) is 27.9. The van der Waals surface area contributed by atoms with E-state index in [1.165, 1.54) is 7.11 Å². The van der Waals surface area contributed by atoms with E-state index in [-0.39, 0.29) is 29.2 Å². The van der Waals surface area contributed by atoms with E-state index in [2.05, 4.69) is 4.98 Å². The van der Waals surface area contributed by atoms with E-state index < -0.39 is 0 Å². The SMILES string of the molecule is COC(=O)c1cccnc1SC1C2CC3C(=O)OC1C3C2. The maximum atomic E-state index is 11.8. The molecule has 5 nitrogen and oxygen atoms in total. The molecular formula is C15H15NO4S. The van der Waals surface area contributed by atoms with Gasteiger partial charge in [0, 0.05) is 12.1 Å². The molecule has 1 aromatic heterocycles. The molecule has 5 unspecified atom stereocenters. The van der Waals surface area contributed by atoms with Gasteiger partial charge in [0.15, 0.2) is 0 Å². The third kappa shape index (κ3) is 1.88. The average molecular weight is 305 g/mol. The molecule has 1 saturated heterocycles. The molecule has 2 aliphatic carbocycles. The van der Waals surface area contributed by atoms with Gasteiger partial charge in [-0.25, -0.2) is 9.78 Å². The van der Waals surface area contributed by atoms with Crippen LogP contribution < -0.4 is 0 Å². The molecule has 6 heteroatoms. The van der Waals surface area contributed by atoms with Crippen LogP contribution in [0.4, 0.5) is 0 Å². The van der Waals surface area contributed by atoms with Crippen LogP contribution in [0.5, 0.6) is 0 Å². The van der Waals surface area contributed by atoms with Crippen LogP contribution in [0.15, 0.2) is 23.4 Å². The fourth-order valence-corrected chi connectivity index (χ4v) is 5.41. The molecule has 21 heavy (non-hydrogen) atoms. The lowest BCUT2D eigenvalue weighted by atomic mass is 9.89. The second-order valence-electron chi connectivity index (χ2n) is 5.83. The highest BCUT2D eigenvalue weighted by Crippen LogP contribution is 2.58. The van der Waals surface area contributed by atoms with Gasteiger partial charge in [-0.3, -0.25) is 4.79 Å². The number of thioether (sulfide) groups is 1. The highest BCUT2D eigenvalue weighted by atomic mass is 32.2. The summed E-state index contributed by atoms with van der Waals surface area (Å²) in [5.41, 5.74) is 0.480. The Balaban J connectivity index is 1.61. The Bertz CT molecular complexity index is 619. The second-order valence-corrected chi connectivity index (χ2v) is 7.00. The maximum absolute atomic E-state index is 11.8. The van der Waals surface area contributed by atoms with Gasteiger partial charge in [0.25, 0.3) is 0 Å². The van der Waals surface area contributed by atoms with Crippen LogP contribution in [0.1, 0.15) is 23.2 Å². The number of nitrogens with zero attached hydrogens (tertiary/aromatic N) is 1. The van der Waals surface area contributed by atoms with Gasteiger partial charge in [0.05, 0.1) is 23.8 Å². The summed E-state index contributed by atoms with van der Waals surface area (Å²) in [5.74, 6) is 0.541. The van der Waals surface area contributed by atoms with Crippen molar-refractivity contribution in [3.8, 4) is 0 Å². The number of methoxy groups -OCH3 is 1. The number of carbonyl (C=O) groups is 2. The molecule has 2 bridgehead atoms. The van der Waals surface area contributed by atoms with E-state index in [0.29, 0.717) is 22.4 Å². The van der Waals surface area contributed by atoms with Gasteiger partial charge in [-0.15, -0.1) is 0 Å². The van der Waals surface area contributed by atoms with E-state index >= 15 is 0 Å². The Morgan fingerprint density at radius 1 is 1.48 bits per heavy atom. The lowest BCUT2D eigenvalue weighted by Crippen LogP contribution is -2.29. The van der Waals surface area contributed by atoms with E-state index in [1.807, 2.05) is 0 Å². The fraction of sp³-hybridized carbons (Fsp3) is 0.533. The zero-order valence-electron chi connectivity index (χ0n) is 11.5. The number of ether oxygens (including phenoxy) is 2. The predicted octanol–water partition coefficient (Wildman–Crippen LogP) is 1.91. The first kappa shape index (κ1) is 13.1. The van der Waals surface area contributed by atoms with Crippen molar-refractivity contribution in [3.05, 3.63) is 23.9 Å². The van der Waals surface area contributed by atoms with E-state index in [0.717, 1.165) is 12.8 Å². The predicted molar refractivity (Wildman–Crippen MR) is 74.8 cm³/mol. The van der Waals surface area contributed by atoms with Crippen molar-refractivity contribution in [1.29, 1.82) is 0 Å². The average Bonchev–Trinajstić information content (AvgIpc) is 3.12. The number of esters is 2. The number of hydrogen-bond donors (Lipinski definition) is 0. The minimum absolute atomic E-state index is 0.0150. The Morgan fingerprint density at radius 3 is 3.14 bits per heavy atom. The van der Waals surface area contributed by atoms with Crippen LogP contribution in [-0.4, -0.2) is 35.4 Å². The maximum Gasteiger partial charge on any atom is 0.340 e. The lowest BCUT2D eigenvalue weighted by Gasteiger charge is -2.24. The summed E-state index contributed by atoms with van der Waals surface area (Å²) in [6.07, 6.45) is 3.63. The highest BCUT2D eigenvalue weighted by molar-refractivity contribution is 8.00. The summed E-state index contributed by atoms with van der Waals surface area (Å²) in [5, 5.41) is 0.873. The monoisotopic (exact) mass is 305 g/mol. The summed E-state index contributed by atoms with van der Waals surface area (Å²) in [6.45, 7) is 0. The largest absolute Gasteiger partial charge is 0.465 e. The number of rotatable bonds is 3. The molecule has 1 aliphatic heterocycles. The number of hydrogen-bond acceptors (Lipinski definition) is 6.